The molecule has 21 heavy (non-hydrogen) atoms. The first kappa shape index (κ1) is 18.1. The fraction of sp³-hybridized carbons (Fsp3) is 0.133. The van der Waals surface area contributed by atoms with Gasteiger partial charge >= 0.3 is 18.9 Å². The smallest absolute Gasteiger partial charge is 1.00 e. The normalized spacial score (nSPS) is 10.2. The van der Waals surface area contributed by atoms with Crippen molar-refractivity contribution in [3.8, 4) is 11.5 Å². The molecule has 0 radical (unpaired) electrons. The van der Waals surface area contributed by atoms with Gasteiger partial charge in [0.25, 0.3) is 0 Å². The predicted molar refractivity (Wildman–Crippen MR) is 84.4 cm³/mol. The molecule has 0 spiro atoms. The van der Waals surface area contributed by atoms with Crippen LogP contribution >= 0.6 is 20.2 Å². The summed E-state index contributed by atoms with van der Waals surface area (Å²) in [7, 11) is 3.13. The summed E-state index contributed by atoms with van der Waals surface area (Å²) < 4.78 is 10.3. The molecule has 0 amide bonds. The van der Waals surface area contributed by atoms with Crippen LogP contribution in [0.2, 0.25) is 5.02 Å². The van der Waals surface area contributed by atoms with Crippen LogP contribution in [0.5, 0.6) is 11.5 Å². The molecule has 0 bridgehead atoms. The van der Waals surface area contributed by atoms with Crippen molar-refractivity contribution in [3.05, 3.63) is 53.1 Å². The van der Waals surface area contributed by atoms with E-state index in [-0.39, 0.29) is 34.4 Å². The zero-order valence-electron chi connectivity index (χ0n) is 13.1. The van der Waals surface area contributed by atoms with Gasteiger partial charge in [-0.25, -0.2) is 0 Å². The van der Waals surface area contributed by atoms with Crippen LogP contribution in [-0.4, -0.2) is 19.7 Å². The van der Waals surface area contributed by atoms with Gasteiger partial charge in [-0.15, -0.1) is 0 Å². The molecule has 0 saturated carbocycles. The first-order valence-corrected chi connectivity index (χ1v) is 7.31. The average Bonchev–Trinajstić information content (AvgIpc) is 2.47. The Morgan fingerprint density at radius 3 is 2.33 bits per heavy atom. The van der Waals surface area contributed by atoms with Gasteiger partial charge in [0.2, 0.25) is 0 Å². The van der Waals surface area contributed by atoms with E-state index in [4.69, 9.17) is 21.1 Å². The predicted octanol–water partition coefficient (Wildman–Crippen LogP) is 0.618. The molecule has 2 aromatic rings. The molecule has 1 unspecified atom stereocenters. The molecule has 0 saturated heterocycles. The van der Waals surface area contributed by atoms with Crippen molar-refractivity contribution in [3.63, 3.8) is 0 Å². The van der Waals surface area contributed by atoms with Crippen LogP contribution in [0.4, 0.5) is 0 Å². The molecule has 0 aromatic heterocycles. The number of carbonyl (C=O) groups is 1. The molecule has 2 aromatic carbocycles. The zero-order chi connectivity index (χ0) is 14.5. The number of hydrogen-bond acceptors (Lipinski definition) is 3. The van der Waals surface area contributed by atoms with Gasteiger partial charge in [0.1, 0.15) is 11.5 Å². The fourth-order valence-electron chi connectivity index (χ4n) is 1.76. The second-order valence-electron chi connectivity index (χ2n) is 4.00. The van der Waals surface area contributed by atoms with E-state index < -0.39 is 0 Å². The van der Waals surface area contributed by atoms with Crippen LogP contribution in [0.3, 0.4) is 0 Å². The van der Waals surface area contributed by atoms with E-state index >= 15 is 0 Å². The summed E-state index contributed by atoms with van der Waals surface area (Å²) in [6.45, 7) is 0. The summed E-state index contributed by atoms with van der Waals surface area (Å²) in [5.74, 6) is 1.27. The molecule has 0 aliphatic heterocycles. The van der Waals surface area contributed by atoms with Crippen LogP contribution in [0.1, 0.15) is 11.8 Å². The van der Waals surface area contributed by atoms with Gasteiger partial charge in [-0.1, -0.05) is 29.8 Å². The SMILES string of the molecule is COc1ccc(PC(=O)c2c(Cl)cccc2OC)cc1.[H-].[Li+]. The minimum Gasteiger partial charge on any atom is -1.00 e. The maximum absolute atomic E-state index is 12.4. The summed E-state index contributed by atoms with van der Waals surface area (Å²) in [6, 6.07) is 12.6. The number of hydrogen-bond donors (Lipinski definition) is 0. The molecule has 0 N–H and O–H groups in total. The molecular formula is C15H15ClLiO3P. The van der Waals surface area contributed by atoms with Crippen LogP contribution in [0.15, 0.2) is 42.5 Å². The Morgan fingerprint density at radius 2 is 1.76 bits per heavy atom. The van der Waals surface area contributed by atoms with E-state index in [0.29, 0.717) is 16.3 Å². The minimum atomic E-state index is -0.0439. The third-order valence-electron chi connectivity index (χ3n) is 2.77. The van der Waals surface area contributed by atoms with Crippen LogP contribution in [-0.2, 0) is 0 Å². The summed E-state index contributed by atoms with van der Waals surface area (Å²) in [6.07, 6.45) is 0. The number of methoxy groups -OCH3 is 2. The topological polar surface area (TPSA) is 35.5 Å². The van der Waals surface area contributed by atoms with E-state index in [2.05, 4.69) is 0 Å². The molecular weight excluding hydrogens is 302 g/mol. The Labute approximate surface area is 144 Å². The number of benzene rings is 2. The van der Waals surface area contributed by atoms with Gasteiger partial charge in [-0.3, -0.25) is 4.79 Å². The number of rotatable bonds is 5. The first-order chi connectivity index (χ1) is 9.65. The second kappa shape index (κ2) is 8.47. The second-order valence-corrected chi connectivity index (χ2v) is 5.69. The average molecular weight is 317 g/mol. The third-order valence-corrected chi connectivity index (χ3v) is 4.18. The van der Waals surface area contributed by atoms with E-state index in [1.807, 2.05) is 24.3 Å². The molecule has 0 fully saturated rings. The van der Waals surface area contributed by atoms with Crippen molar-refractivity contribution in [2.24, 2.45) is 0 Å². The largest absolute Gasteiger partial charge is 1.00 e. The van der Waals surface area contributed by atoms with Gasteiger partial charge in [-0.2, -0.15) is 0 Å². The van der Waals surface area contributed by atoms with Crippen molar-refractivity contribution in [2.75, 3.05) is 14.2 Å². The van der Waals surface area contributed by atoms with E-state index in [1.54, 1.807) is 25.3 Å². The Kier molecular flexibility index (Phi) is 7.29. The van der Waals surface area contributed by atoms with Crippen LogP contribution < -0.4 is 33.6 Å². The monoisotopic (exact) mass is 316 g/mol. The van der Waals surface area contributed by atoms with Crippen molar-refractivity contribution < 1.29 is 34.6 Å². The molecule has 0 heterocycles. The Hall–Kier alpha value is -0.973. The molecule has 3 nitrogen and oxygen atoms in total. The van der Waals surface area contributed by atoms with Crippen molar-refractivity contribution in [1.82, 2.24) is 0 Å². The fourth-order valence-corrected chi connectivity index (χ4v) is 3.07. The molecule has 106 valence electrons. The molecule has 0 aliphatic rings. The van der Waals surface area contributed by atoms with Crippen molar-refractivity contribution in [2.45, 2.75) is 0 Å². The summed E-state index contributed by atoms with van der Waals surface area (Å²) >= 11 is 6.10. The maximum Gasteiger partial charge on any atom is 1.00 e. The van der Waals surface area contributed by atoms with Gasteiger partial charge in [0.05, 0.1) is 24.8 Å². The van der Waals surface area contributed by atoms with Gasteiger partial charge in [0.15, 0.2) is 5.52 Å². The quantitative estimate of drug-likeness (QED) is 0.599. The molecule has 2 rings (SSSR count). The van der Waals surface area contributed by atoms with Gasteiger partial charge < -0.3 is 10.9 Å². The van der Waals surface area contributed by atoms with Gasteiger partial charge in [0, 0.05) is 0 Å². The third kappa shape index (κ3) is 4.50. The first-order valence-electron chi connectivity index (χ1n) is 5.93. The van der Waals surface area contributed by atoms with Crippen molar-refractivity contribution >= 4 is 31.0 Å². The van der Waals surface area contributed by atoms with E-state index in [1.165, 1.54) is 7.11 Å². The maximum atomic E-state index is 12.4. The number of ether oxygens (including phenoxy) is 2. The Morgan fingerprint density at radius 1 is 1.10 bits per heavy atom. The Balaban J connectivity index is 0.00000220. The van der Waals surface area contributed by atoms with Crippen molar-refractivity contribution in [1.29, 1.82) is 0 Å². The number of halogens is 1. The standard InChI is InChI=1S/C15H14ClO3P.Li.H/c1-18-10-6-8-11(9-7-10)20-15(17)14-12(16)4-3-5-13(14)19-2;;/h3-9,20H,1-2H3;;/q;+1;-1. The summed E-state index contributed by atoms with van der Waals surface area (Å²) in [4.78, 5) is 12.4. The minimum absolute atomic E-state index is 0. The molecule has 1 atom stereocenters. The van der Waals surface area contributed by atoms with Crippen LogP contribution in [0.25, 0.3) is 0 Å². The molecule has 0 aliphatic carbocycles. The zero-order valence-corrected chi connectivity index (χ0v) is 13.9. The van der Waals surface area contributed by atoms with Crippen LogP contribution in [0, 0.1) is 0 Å². The Bertz CT molecular complexity index is 623. The number of carbonyl (C=O) groups excluding carboxylic acids is 1. The molecule has 6 heteroatoms. The van der Waals surface area contributed by atoms with Gasteiger partial charge in [-0.05, 0) is 38.2 Å². The summed E-state index contributed by atoms with van der Waals surface area (Å²) in [5, 5.41) is 1.34. The van der Waals surface area contributed by atoms with E-state index in [9.17, 15) is 4.79 Å². The summed E-state index contributed by atoms with van der Waals surface area (Å²) in [5.41, 5.74) is 0.392. The van der Waals surface area contributed by atoms with E-state index in [0.717, 1.165) is 11.1 Å².